The Morgan fingerprint density at radius 3 is 2.50 bits per heavy atom. The van der Waals surface area contributed by atoms with E-state index in [0.29, 0.717) is 12.5 Å². The van der Waals surface area contributed by atoms with Gasteiger partial charge in [0, 0.05) is 12.6 Å². The molecule has 2 rings (SSSR count). The van der Waals surface area contributed by atoms with E-state index in [0.717, 1.165) is 19.5 Å². The summed E-state index contributed by atoms with van der Waals surface area (Å²) < 4.78 is 27.9. The molecule has 0 saturated carbocycles. The fourth-order valence-corrected chi connectivity index (χ4v) is 4.49. The zero-order valence-corrected chi connectivity index (χ0v) is 15.3. The van der Waals surface area contributed by atoms with Gasteiger partial charge in [0.15, 0.2) is 0 Å². The number of rotatable bonds is 7. The lowest BCUT2D eigenvalue weighted by atomic mass is 10.00. The standard InChI is InChI=1S/C18H27N3O2S/c1-15(2)12-17(21-10-6-3-7-11-21)14-20-24(22,23)18-9-5-4-8-16(18)13-19/h4-5,8-9,15,17,20H,3,6-7,10-12,14H2,1-2H3. The Morgan fingerprint density at radius 2 is 1.88 bits per heavy atom. The third-order valence-corrected chi connectivity index (χ3v) is 5.94. The van der Waals surface area contributed by atoms with Crippen LogP contribution >= 0.6 is 0 Å². The van der Waals surface area contributed by atoms with Crippen molar-refractivity contribution in [2.24, 2.45) is 5.92 Å². The molecule has 0 bridgehead atoms. The van der Waals surface area contributed by atoms with Crippen molar-refractivity contribution in [3.8, 4) is 6.07 Å². The lowest BCUT2D eigenvalue weighted by Crippen LogP contribution is -2.46. The van der Waals surface area contributed by atoms with E-state index in [9.17, 15) is 8.42 Å². The van der Waals surface area contributed by atoms with Crippen LogP contribution in [0.4, 0.5) is 0 Å². The Bertz CT molecular complexity index is 674. The van der Waals surface area contributed by atoms with Crippen LogP contribution in [0.5, 0.6) is 0 Å². The second-order valence-corrected chi connectivity index (χ2v) is 8.58. The minimum Gasteiger partial charge on any atom is -0.299 e. The SMILES string of the molecule is CC(C)CC(CNS(=O)(=O)c1ccccc1C#N)N1CCCCC1. The maximum atomic E-state index is 12.6. The van der Waals surface area contributed by atoms with Gasteiger partial charge in [-0.25, -0.2) is 13.1 Å². The van der Waals surface area contributed by atoms with E-state index in [4.69, 9.17) is 5.26 Å². The van der Waals surface area contributed by atoms with E-state index >= 15 is 0 Å². The number of sulfonamides is 1. The smallest absolute Gasteiger partial charge is 0.241 e. The monoisotopic (exact) mass is 349 g/mol. The van der Waals surface area contributed by atoms with Crippen LogP contribution in [0.3, 0.4) is 0 Å². The lowest BCUT2D eigenvalue weighted by Gasteiger charge is -2.35. The second kappa shape index (κ2) is 8.61. The Hall–Kier alpha value is -1.42. The van der Waals surface area contributed by atoms with Crippen LogP contribution in [0.2, 0.25) is 0 Å². The molecule has 1 N–H and O–H groups in total. The average Bonchev–Trinajstić information content (AvgIpc) is 2.59. The minimum atomic E-state index is -3.67. The summed E-state index contributed by atoms with van der Waals surface area (Å²) in [4.78, 5) is 2.47. The summed E-state index contributed by atoms with van der Waals surface area (Å²) in [5, 5.41) is 9.13. The van der Waals surface area contributed by atoms with Crippen molar-refractivity contribution in [2.75, 3.05) is 19.6 Å². The van der Waals surface area contributed by atoms with Gasteiger partial charge in [-0.05, 0) is 50.4 Å². The summed E-state index contributed by atoms with van der Waals surface area (Å²) in [6.07, 6.45) is 4.58. The molecular weight excluding hydrogens is 322 g/mol. The summed E-state index contributed by atoms with van der Waals surface area (Å²) in [5.74, 6) is 0.507. The molecule has 132 valence electrons. The molecule has 1 unspecified atom stereocenters. The number of nitrogens with one attached hydrogen (secondary N) is 1. The highest BCUT2D eigenvalue weighted by atomic mass is 32.2. The van der Waals surface area contributed by atoms with E-state index in [1.54, 1.807) is 12.1 Å². The van der Waals surface area contributed by atoms with Gasteiger partial charge in [0.1, 0.15) is 6.07 Å². The van der Waals surface area contributed by atoms with Gasteiger partial charge in [-0.2, -0.15) is 5.26 Å². The maximum absolute atomic E-state index is 12.6. The molecule has 1 atom stereocenters. The van der Waals surface area contributed by atoms with Crippen molar-refractivity contribution in [1.29, 1.82) is 5.26 Å². The Balaban J connectivity index is 2.10. The molecule has 1 saturated heterocycles. The number of hydrogen-bond acceptors (Lipinski definition) is 4. The van der Waals surface area contributed by atoms with Gasteiger partial charge >= 0.3 is 0 Å². The number of likely N-dealkylation sites (tertiary alicyclic amines) is 1. The number of nitriles is 1. The fourth-order valence-electron chi connectivity index (χ4n) is 3.27. The molecular formula is C18H27N3O2S. The normalized spacial score (nSPS) is 17.6. The van der Waals surface area contributed by atoms with E-state index in [1.807, 2.05) is 6.07 Å². The molecule has 1 aromatic carbocycles. The fraction of sp³-hybridized carbons (Fsp3) is 0.611. The van der Waals surface area contributed by atoms with Crippen LogP contribution in [-0.2, 0) is 10.0 Å². The number of benzene rings is 1. The van der Waals surface area contributed by atoms with Crippen molar-refractivity contribution in [2.45, 2.75) is 50.5 Å². The molecule has 1 heterocycles. The summed E-state index contributed by atoms with van der Waals surface area (Å²) in [5.41, 5.74) is 0.184. The van der Waals surface area contributed by atoms with E-state index in [-0.39, 0.29) is 16.5 Å². The first-order valence-electron chi connectivity index (χ1n) is 8.67. The van der Waals surface area contributed by atoms with Crippen LogP contribution in [0.1, 0.15) is 45.1 Å². The van der Waals surface area contributed by atoms with Crippen LogP contribution in [-0.4, -0.2) is 39.0 Å². The third-order valence-electron chi connectivity index (χ3n) is 4.46. The predicted molar refractivity (Wildman–Crippen MR) is 95.0 cm³/mol. The van der Waals surface area contributed by atoms with Crippen molar-refractivity contribution >= 4 is 10.0 Å². The van der Waals surface area contributed by atoms with Gasteiger partial charge in [0.05, 0.1) is 10.5 Å². The van der Waals surface area contributed by atoms with Crippen molar-refractivity contribution in [3.63, 3.8) is 0 Å². The molecule has 0 aliphatic carbocycles. The van der Waals surface area contributed by atoms with Gasteiger partial charge in [0.2, 0.25) is 10.0 Å². The summed E-state index contributed by atoms with van der Waals surface area (Å²) in [7, 11) is -3.67. The van der Waals surface area contributed by atoms with Crippen molar-refractivity contribution in [3.05, 3.63) is 29.8 Å². The molecule has 1 aliphatic heterocycles. The first kappa shape index (κ1) is 18.9. The van der Waals surface area contributed by atoms with Crippen molar-refractivity contribution < 1.29 is 8.42 Å². The third kappa shape index (κ3) is 5.04. The number of hydrogen-bond donors (Lipinski definition) is 1. The minimum absolute atomic E-state index is 0.0643. The molecule has 0 aromatic heterocycles. The van der Waals surface area contributed by atoms with E-state index < -0.39 is 10.0 Å². The van der Waals surface area contributed by atoms with Gasteiger partial charge < -0.3 is 0 Å². The molecule has 5 nitrogen and oxygen atoms in total. The van der Waals surface area contributed by atoms with Crippen LogP contribution in [0.25, 0.3) is 0 Å². The lowest BCUT2D eigenvalue weighted by molar-refractivity contribution is 0.146. The quantitative estimate of drug-likeness (QED) is 0.821. The Labute approximate surface area is 145 Å². The first-order valence-corrected chi connectivity index (χ1v) is 10.1. The molecule has 0 amide bonds. The first-order chi connectivity index (χ1) is 11.4. The molecule has 1 aromatic rings. The Kier molecular flexibility index (Phi) is 6.79. The van der Waals surface area contributed by atoms with Crippen LogP contribution < -0.4 is 4.72 Å². The highest BCUT2D eigenvalue weighted by Crippen LogP contribution is 2.19. The van der Waals surface area contributed by atoms with Crippen LogP contribution in [0, 0.1) is 17.2 Å². The van der Waals surface area contributed by atoms with Gasteiger partial charge in [0.25, 0.3) is 0 Å². The predicted octanol–water partition coefficient (Wildman–Crippen LogP) is 2.74. The van der Waals surface area contributed by atoms with E-state index in [1.165, 1.54) is 31.4 Å². The van der Waals surface area contributed by atoms with Gasteiger partial charge in [-0.15, -0.1) is 0 Å². The largest absolute Gasteiger partial charge is 0.299 e. The summed E-state index contributed by atoms with van der Waals surface area (Å²) in [6, 6.07) is 8.49. The highest BCUT2D eigenvalue weighted by Gasteiger charge is 2.25. The van der Waals surface area contributed by atoms with E-state index in [2.05, 4.69) is 23.5 Å². The summed E-state index contributed by atoms with van der Waals surface area (Å²) >= 11 is 0. The van der Waals surface area contributed by atoms with Crippen molar-refractivity contribution in [1.82, 2.24) is 9.62 Å². The Morgan fingerprint density at radius 1 is 1.21 bits per heavy atom. The molecule has 24 heavy (non-hydrogen) atoms. The second-order valence-electron chi connectivity index (χ2n) is 6.84. The topological polar surface area (TPSA) is 73.2 Å². The number of nitrogens with zero attached hydrogens (tertiary/aromatic N) is 2. The molecule has 0 spiro atoms. The highest BCUT2D eigenvalue weighted by molar-refractivity contribution is 7.89. The maximum Gasteiger partial charge on any atom is 0.241 e. The molecule has 0 radical (unpaired) electrons. The molecule has 1 aliphatic rings. The zero-order valence-electron chi connectivity index (χ0n) is 14.5. The number of piperidine rings is 1. The zero-order chi connectivity index (χ0) is 17.6. The molecule has 1 fully saturated rings. The summed E-state index contributed by atoms with van der Waals surface area (Å²) in [6.45, 7) is 6.79. The van der Waals surface area contributed by atoms with Gasteiger partial charge in [-0.3, -0.25) is 4.90 Å². The van der Waals surface area contributed by atoms with Gasteiger partial charge in [-0.1, -0.05) is 32.4 Å². The average molecular weight is 350 g/mol. The van der Waals surface area contributed by atoms with Crippen LogP contribution in [0.15, 0.2) is 29.2 Å². The molecule has 6 heteroatoms.